The number of hydrogen-bond acceptors (Lipinski definition) is 4. The fourth-order valence-corrected chi connectivity index (χ4v) is 2.12. The maximum Gasteiger partial charge on any atom is 0.270 e. The van der Waals surface area contributed by atoms with Crippen LogP contribution in [0.1, 0.15) is 22.6 Å². The number of amides is 1. The molecule has 2 aromatic rings. The number of aromatic nitrogens is 1. The first-order chi connectivity index (χ1) is 10.0. The van der Waals surface area contributed by atoms with E-state index in [9.17, 15) is 4.79 Å². The van der Waals surface area contributed by atoms with Crippen molar-refractivity contribution >= 4 is 23.2 Å². The Kier molecular flexibility index (Phi) is 4.75. The van der Waals surface area contributed by atoms with Crippen molar-refractivity contribution in [3.05, 3.63) is 51.9 Å². The van der Waals surface area contributed by atoms with Gasteiger partial charge in [-0.1, -0.05) is 22.8 Å². The molecule has 0 aliphatic heterocycles. The van der Waals surface area contributed by atoms with Crippen molar-refractivity contribution in [2.75, 3.05) is 7.05 Å². The van der Waals surface area contributed by atoms with Crippen LogP contribution in [0.4, 0.5) is 0 Å². The van der Waals surface area contributed by atoms with Crippen molar-refractivity contribution in [1.82, 2.24) is 10.5 Å². The lowest BCUT2D eigenvalue weighted by molar-refractivity contribution is -0.114. The third-order valence-corrected chi connectivity index (χ3v) is 3.24. The normalized spacial score (nSPS) is 11.5. The molecule has 6 heteroatoms. The number of halogens is 1. The lowest BCUT2D eigenvalue weighted by Crippen LogP contribution is -2.31. The molecule has 21 heavy (non-hydrogen) atoms. The van der Waals surface area contributed by atoms with Crippen molar-refractivity contribution in [2.24, 2.45) is 4.99 Å². The molecule has 0 saturated carbocycles. The minimum Gasteiger partial charge on any atom is -0.361 e. The molecule has 0 spiro atoms. The van der Waals surface area contributed by atoms with Gasteiger partial charge in [0, 0.05) is 23.7 Å². The first-order valence-corrected chi connectivity index (χ1v) is 6.82. The van der Waals surface area contributed by atoms with Gasteiger partial charge in [-0.05, 0) is 31.5 Å². The van der Waals surface area contributed by atoms with Gasteiger partial charge in [0.2, 0.25) is 0 Å². The molecule has 0 fully saturated rings. The molecule has 5 nitrogen and oxygen atoms in total. The maximum absolute atomic E-state index is 12.3. The molecule has 0 atom stereocenters. The number of benzene rings is 1. The fraction of sp³-hybridized carbons (Fsp3) is 0.267. The number of nitrogens with zero attached hydrogens (tertiary/aromatic N) is 2. The van der Waals surface area contributed by atoms with Crippen LogP contribution < -0.4 is 5.32 Å². The fourth-order valence-electron chi connectivity index (χ4n) is 1.95. The van der Waals surface area contributed by atoms with Gasteiger partial charge in [-0.2, -0.15) is 0 Å². The Morgan fingerprint density at radius 2 is 2.14 bits per heavy atom. The summed E-state index contributed by atoms with van der Waals surface area (Å²) in [6.45, 7) is 3.99. The molecular weight excluding hydrogens is 290 g/mol. The molecule has 1 aromatic carbocycles. The maximum atomic E-state index is 12.3. The van der Waals surface area contributed by atoms with Crippen LogP contribution in [0, 0.1) is 13.8 Å². The zero-order valence-corrected chi connectivity index (χ0v) is 12.9. The van der Waals surface area contributed by atoms with Crippen LogP contribution in [0.3, 0.4) is 0 Å². The van der Waals surface area contributed by atoms with E-state index in [0.717, 1.165) is 11.1 Å². The summed E-state index contributed by atoms with van der Waals surface area (Å²) in [5.41, 5.74) is 2.67. The second-order valence-electron chi connectivity index (χ2n) is 4.64. The highest BCUT2D eigenvalue weighted by molar-refractivity contribution is 6.46. The smallest absolute Gasteiger partial charge is 0.270 e. The van der Waals surface area contributed by atoms with E-state index < -0.39 is 0 Å². The molecule has 0 saturated heterocycles. The van der Waals surface area contributed by atoms with Gasteiger partial charge in [-0.15, -0.1) is 0 Å². The average molecular weight is 306 g/mol. The number of rotatable bonds is 4. The van der Waals surface area contributed by atoms with Crippen molar-refractivity contribution in [3.63, 3.8) is 0 Å². The van der Waals surface area contributed by atoms with E-state index >= 15 is 0 Å². The number of aryl methyl sites for hydroxylation is 2. The molecule has 0 unspecified atom stereocenters. The van der Waals surface area contributed by atoms with Crippen molar-refractivity contribution in [1.29, 1.82) is 0 Å². The minimum absolute atomic E-state index is 0.275. The largest absolute Gasteiger partial charge is 0.361 e. The van der Waals surface area contributed by atoms with Crippen LogP contribution in [0.25, 0.3) is 0 Å². The van der Waals surface area contributed by atoms with Crippen molar-refractivity contribution in [3.8, 4) is 0 Å². The quantitative estimate of drug-likeness (QED) is 0.883. The lowest BCUT2D eigenvalue weighted by atomic mass is 10.0. The Morgan fingerprint density at radius 1 is 1.38 bits per heavy atom. The van der Waals surface area contributed by atoms with Crippen LogP contribution >= 0.6 is 11.6 Å². The summed E-state index contributed by atoms with van der Waals surface area (Å²) >= 11 is 5.99. The van der Waals surface area contributed by atoms with E-state index in [0.29, 0.717) is 22.2 Å². The van der Waals surface area contributed by atoms with Crippen LogP contribution in [0.15, 0.2) is 33.8 Å². The molecule has 110 valence electrons. The SMILES string of the molecule is CN=C(C(=O)NCc1cc(C)on1)c1cc(Cl)ccc1C. The summed E-state index contributed by atoms with van der Waals surface area (Å²) in [5, 5.41) is 7.17. The Bertz CT molecular complexity index is 692. The van der Waals surface area contributed by atoms with Crippen LogP contribution in [0.2, 0.25) is 5.02 Å². The van der Waals surface area contributed by atoms with Gasteiger partial charge in [0.05, 0.1) is 6.54 Å². The Balaban J connectivity index is 2.14. The Morgan fingerprint density at radius 3 is 2.76 bits per heavy atom. The Hall–Kier alpha value is -2.14. The highest BCUT2D eigenvalue weighted by Gasteiger charge is 2.16. The van der Waals surface area contributed by atoms with E-state index in [1.54, 1.807) is 32.2 Å². The molecule has 2 rings (SSSR count). The number of hydrogen-bond donors (Lipinski definition) is 1. The predicted molar refractivity (Wildman–Crippen MR) is 81.7 cm³/mol. The molecule has 0 radical (unpaired) electrons. The summed E-state index contributed by atoms with van der Waals surface area (Å²) in [4.78, 5) is 16.4. The summed E-state index contributed by atoms with van der Waals surface area (Å²) in [6, 6.07) is 7.15. The van der Waals surface area contributed by atoms with E-state index in [1.807, 2.05) is 13.0 Å². The molecule has 0 aliphatic rings. The highest BCUT2D eigenvalue weighted by atomic mass is 35.5. The summed E-state index contributed by atoms with van der Waals surface area (Å²) in [7, 11) is 1.58. The van der Waals surface area contributed by atoms with Gasteiger partial charge in [-0.3, -0.25) is 9.79 Å². The molecule has 1 heterocycles. The number of carbonyl (C=O) groups excluding carboxylic acids is 1. The summed E-state index contributed by atoms with van der Waals surface area (Å²) in [6.07, 6.45) is 0. The number of carbonyl (C=O) groups is 1. The van der Waals surface area contributed by atoms with Crippen LogP contribution in [-0.2, 0) is 11.3 Å². The zero-order chi connectivity index (χ0) is 15.4. The van der Waals surface area contributed by atoms with Crippen LogP contribution in [-0.4, -0.2) is 23.8 Å². The van der Waals surface area contributed by atoms with Gasteiger partial charge in [0.15, 0.2) is 0 Å². The van der Waals surface area contributed by atoms with Gasteiger partial charge in [-0.25, -0.2) is 0 Å². The standard InChI is InChI=1S/C15H16ClN3O2/c1-9-4-5-11(16)7-13(9)14(17-3)15(20)18-8-12-6-10(2)21-19-12/h4-7H,8H2,1-3H3,(H,18,20). The lowest BCUT2D eigenvalue weighted by Gasteiger charge is -2.09. The molecule has 0 bridgehead atoms. The molecule has 1 N–H and O–H groups in total. The first kappa shape index (κ1) is 15.3. The van der Waals surface area contributed by atoms with Crippen LogP contribution in [0.5, 0.6) is 0 Å². The molecule has 0 aliphatic carbocycles. The van der Waals surface area contributed by atoms with E-state index in [-0.39, 0.29) is 12.5 Å². The monoisotopic (exact) mass is 305 g/mol. The Labute approximate surface area is 128 Å². The van der Waals surface area contributed by atoms with Gasteiger partial charge in [0.1, 0.15) is 17.2 Å². The minimum atomic E-state index is -0.275. The van der Waals surface area contributed by atoms with E-state index in [4.69, 9.17) is 16.1 Å². The predicted octanol–water partition coefficient (Wildman–Crippen LogP) is 2.68. The summed E-state index contributed by atoms with van der Waals surface area (Å²) in [5.74, 6) is 0.429. The van der Waals surface area contributed by atoms with Gasteiger partial charge < -0.3 is 9.84 Å². The average Bonchev–Trinajstić information content (AvgIpc) is 2.87. The third kappa shape index (κ3) is 3.70. The second-order valence-corrected chi connectivity index (χ2v) is 5.08. The number of nitrogens with one attached hydrogen (secondary N) is 1. The first-order valence-electron chi connectivity index (χ1n) is 6.45. The molecular formula is C15H16ClN3O2. The zero-order valence-electron chi connectivity index (χ0n) is 12.1. The van der Waals surface area contributed by atoms with E-state index in [2.05, 4.69) is 15.5 Å². The molecule has 1 aromatic heterocycles. The van der Waals surface area contributed by atoms with Gasteiger partial charge in [0.25, 0.3) is 5.91 Å². The topological polar surface area (TPSA) is 67.5 Å². The highest BCUT2D eigenvalue weighted by Crippen LogP contribution is 2.16. The second kappa shape index (κ2) is 6.54. The van der Waals surface area contributed by atoms with E-state index in [1.165, 1.54) is 0 Å². The van der Waals surface area contributed by atoms with Crippen molar-refractivity contribution in [2.45, 2.75) is 20.4 Å². The van der Waals surface area contributed by atoms with Gasteiger partial charge >= 0.3 is 0 Å². The molecule has 1 amide bonds. The third-order valence-electron chi connectivity index (χ3n) is 3.00. The van der Waals surface area contributed by atoms with Crippen molar-refractivity contribution < 1.29 is 9.32 Å². The number of aliphatic imine (C=N–C) groups is 1. The summed E-state index contributed by atoms with van der Waals surface area (Å²) < 4.78 is 4.95.